The number of carbonyl (C=O) groups excluding carboxylic acids is 1. The first-order valence-electron chi connectivity index (χ1n) is 12.0. The predicted molar refractivity (Wildman–Crippen MR) is 132 cm³/mol. The Balaban J connectivity index is 1.31. The molecule has 4 rings (SSSR count). The molecule has 34 heavy (non-hydrogen) atoms. The number of fused-ring (bicyclic) bond motifs is 2. The second-order valence-corrected chi connectivity index (χ2v) is 8.27. The minimum absolute atomic E-state index is 0.297. The summed E-state index contributed by atoms with van der Waals surface area (Å²) in [6.07, 6.45) is 1.80. The van der Waals surface area contributed by atoms with Crippen molar-refractivity contribution in [2.75, 3.05) is 19.8 Å². The molecule has 5 heteroatoms. The molecule has 3 aromatic carbocycles. The number of hydrogen-bond donors (Lipinski definition) is 0. The van der Waals surface area contributed by atoms with Gasteiger partial charge in [0.25, 0.3) is 0 Å². The highest BCUT2D eigenvalue weighted by atomic mass is 16.6. The van der Waals surface area contributed by atoms with Crippen LogP contribution in [0, 0.1) is 0 Å². The summed E-state index contributed by atoms with van der Waals surface area (Å²) in [6, 6.07) is 24.4. The van der Waals surface area contributed by atoms with E-state index in [2.05, 4.69) is 24.3 Å². The van der Waals surface area contributed by atoms with Crippen LogP contribution in [0.25, 0.3) is 0 Å². The molecule has 0 spiro atoms. The maximum absolute atomic E-state index is 12.1. The van der Waals surface area contributed by atoms with Gasteiger partial charge in [0.1, 0.15) is 17.2 Å². The fourth-order valence-electron chi connectivity index (χ4n) is 4.38. The third kappa shape index (κ3) is 5.78. The highest BCUT2D eigenvalue weighted by Crippen LogP contribution is 2.45. The molecule has 0 aromatic heterocycles. The number of benzene rings is 3. The summed E-state index contributed by atoms with van der Waals surface area (Å²) in [5, 5.41) is 0. The van der Waals surface area contributed by atoms with Gasteiger partial charge in [0.05, 0.1) is 13.2 Å². The Morgan fingerprint density at radius 1 is 0.882 bits per heavy atom. The molecule has 5 nitrogen and oxygen atoms in total. The standard InChI is InChI=1S/C29H32O5/c1-3-31-28(29(30)32-4-2)20-21-15-17-22(18-16-21)33-19-9-12-23-24-10-5-7-13-26(24)34-27-14-8-6-11-25(23)27/h5-8,10-11,13-18,23,28H,3-4,9,12,19-20H2,1-2H3. The summed E-state index contributed by atoms with van der Waals surface area (Å²) >= 11 is 0. The van der Waals surface area contributed by atoms with Crippen LogP contribution >= 0.6 is 0 Å². The van der Waals surface area contributed by atoms with Gasteiger partial charge in [-0.3, -0.25) is 0 Å². The SMILES string of the molecule is CCOC(=O)C(Cc1ccc(OCCCC2c3ccccc3Oc3ccccc32)cc1)OCC. The Kier molecular flexibility index (Phi) is 8.21. The van der Waals surface area contributed by atoms with Crippen molar-refractivity contribution >= 4 is 5.97 Å². The number of ether oxygens (including phenoxy) is 4. The van der Waals surface area contributed by atoms with Crippen molar-refractivity contribution in [3.05, 3.63) is 89.5 Å². The van der Waals surface area contributed by atoms with Crippen molar-refractivity contribution in [2.45, 2.75) is 45.1 Å². The fourth-order valence-corrected chi connectivity index (χ4v) is 4.38. The Hall–Kier alpha value is -3.31. The van der Waals surface area contributed by atoms with E-state index in [0.717, 1.165) is 35.7 Å². The molecule has 0 aliphatic carbocycles. The Morgan fingerprint density at radius 3 is 2.15 bits per heavy atom. The molecular formula is C29H32O5. The van der Waals surface area contributed by atoms with Crippen LogP contribution in [0.5, 0.6) is 17.2 Å². The molecule has 1 unspecified atom stereocenters. The topological polar surface area (TPSA) is 54.0 Å². The smallest absolute Gasteiger partial charge is 0.335 e. The molecule has 1 heterocycles. The van der Waals surface area contributed by atoms with Crippen molar-refractivity contribution in [1.29, 1.82) is 0 Å². The van der Waals surface area contributed by atoms with Crippen LogP contribution in [-0.4, -0.2) is 31.9 Å². The van der Waals surface area contributed by atoms with E-state index in [1.807, 2.05) is 55.5 Å². The zero-order valence-corrected chi connectivity index (χ0v) is 19.9. The molecule has 0 bridgehead atoms. The summed E-state index contributed by atoms with van der Waals surface area (Å²) in [6.45, 7) is 5.12. The van der Waals surface area contributed by atoms with Crippen LogP contribution in [0.1, 0.15) is 49.3 Å². The number of esters is 1. The summed E-state index contributed by atoms with van der Waals surface area (Å²) in [5.41, 5.74) is 3.47. The van der Waals surface area contributed by atoms with Crippen LogP contribution in [0.3, 0.4) is 0 Å². The lowest BCUT2D eigenvalue weighted by Gasteiger charge is -2.28. The first kappa shape index (κ1) is 23.8. The number of rotatable bonds is 11. The second-order valence-electron chi connectivity index (χ2n) is 8.27. The summed E-state index contributed by atoms with van der Waals surface area (Å²) in [5.74, 6) is 2.68. The van der Waals surface area contributed by atoms with Gasteiger partial charge < -0.3 is 18.9 Å². The number of hydrogen-bond acceptors (Lipinski definition) is 5. The minimum atomic E-state index is -0.582. The maximum Gasteiger partial charge on any atom is 0.335 e. The molecule has 1 aliphatic heterocycles. The molecule has 178 valence electrons. The zero-order valence-electron chi connectivity index (χ0n) is 19.9. The third-order valence-corrected chi connectivity index (χ3v) is 5.98. The van der Waals surface area contributed by atoms with E-state index in [1.165, 1.54) is 11.1 Å². The molecule has 0 N–H and O–H groups in total. The van der Waals surface area contributed by atoms with E-state index in [1.54, 1.807) is 6.92 Å². The van der Waals surface area contributed by atoms with Gasteiger partial charge in [-0.2, -0.15) is 0 Å². The van der Waals surface area contributed by atoms with E-state index >= 15 is 0 Å². The lowest BCUT2D eigenvalue weighted by molar-refractivity contribution is -0.156. The second kappa shape index (κ2) is 11.7. The molecule has 0 amide bonds. The zero-order chi connectivity index (χ0) is 23.8. The molecule has 1 aliphatic rings. The van der Waals surface area contributed by atoms with E-state index in [-0.39, 0.29) is 5.97 Å². The van der Waals surface area contributed by atoms with Gasteiger partial charge in [0.15, 0.2) is 6.10 Å². The van der Waals surface area contributed by atoms with Crippen molar-refractivity contribution < 1.29 is 23.7 Å². The summed E-state index contributed by atoms with van der Waals surface area (Å²) in [7, 11) is 0. The van der Waals surface area contributed by atoms with E-state index in [4.69, 9.17) is 18.9 Å². The lowest BCUT2D eigenvalue weighted by atomic mass is 9.85. The van der Waals surface area contributed by atoms with Crippen molar-refractivity contribution in [2.24, 2.45) is 0 Å². The Bertz CT molecular complexity index is 1030. The van der Waals surface area contributed by atoms with Gasteiger partial charge in [0.2, 0.25) is 0 Å². The lowest BCUT2D eigenvalue weighted by Crippen LogP contribution is -2.28. The van der Waals surface area contributed by atoms with Crippen LogP contribution in [-0.2, 0) is 20.7 Å². The Morgan fingerprint density at radius 2 is 1.53 bits per heavy atom. The monoisotopic (exact) mass is 460 g/mol. The van der Waals surface area contributed by atoms with E-state index in [0.29, 0.717) is 32.2 Å². The van der Waals surface area contributed by atoms with Crippen LogP contribution in [0.4, 0.5) is 0 Å². The molecule has 0 fully saturated rings. The fraction of sp³-hybridized carbons (Fsp3) is 0.345. The quantitative estimate of drug-likeness (QED) is 0.248. The van der Waals surface area contributed by atoms with Gasteiger partial charge >= 0.3 is 5.97 Å². The summed E-state index contributed by atoms with van der Waals surface area (Å²) < 4.78 is 22.8. The summed E-state index contributed by atoms with van der Waals surface area (Å²) in [4.78, 5) is 12.1. The molecule has 0 saturated carbocycles. The molecule has 0 saturated heterocycles. The molecule has 3 aromatic rings. The van der Waals surface area contributed by atoms with Crippen LogP contribution in [0.2, 0.25) is 0 Å². The predicted octanol–water partition coefficient (Wildman–Crippen LogP) is 6.29. The number of para-hydroxylation sites is 2. The van der Waals surface area contributed by atoms with Gasteiger partial charge in [-0.25, -0.2) is 4.79 Å². The third-order valence-electron chi connectivity index (χ3n) is 5.98. The van der Waals surface area contributed by atoms with Crippen molar-refractivity contribution in [1.82, 2.24) is 0 Å². The van der Waals surface area contributed by atoms with Crippen LogP contribution < -0.4 is 9.47 Å². The highest BCUT2D eigenvalue weighted by molar-refractivity contribution is 5.75. The normalized spacial score (nSPS) is 13.4. The van der Waals surface area contributed by atoms with Gasteiger partial charge in [0, 0.05) is 30.1 Å². The Labute approximate surface area is 201 Å². The minimum Gasteiger partial charge on any atom is -0.494 e. The number of carbonyl (C=O) groups is 1. The van der Waals surface area contributed by atoms with Gasteiger partial charge in [-0.1, -0.05) is 48.5 Å². The first-order valence-corrected chi connectivity index (χ1v) is 12.0. The van der Waals surface area contributed by atoms with Crippen LogP contribution in [0.15, 0.2) is 72.8 Å². The molecule has 1 atom stereocenters. The average Bonchev–Trinajstić information content (AvgIpc) is 2.86. The van der Waals surface area contributed by atoms with E-state index in [9.17, 15) is 4.79 Å². The molecule has 0 radical (unpaired) electrons. The maximum atomic E-state index is 12.1. The largest absolute Gasteiger partial charge is 0.494 e. The van der Waals surface area contributed by atoms with Crippen molar-refractivity contribution in [3.63, 3.8) is 0 Å². The molecular weight excluding hydrogens is 428 g/mol. The first-order chi connectivity index (χ1) is 16.7. The van der Waals surface area contributed by atoms with Crippen molar-refractivity contribution in [3.8, 4) is 17.2 Å². The van der Waals surface area contributed by atoms with E-state index < -0.39 is 6.10 Å². The van der Waals surface area contributed by atoms with Gasteiger partial charge in [-0.05, 0) is 56.5 Å². The van der Waals surface area contributed by atoms with Gasteiger partial charge in [-0.15, -0.1) is 0 Å². The highest BCUT2D eigenvalue weighted by Gasteiger charge is 2.26. The average molecular weight is 461 g/mol.